The maximum atomic E-state index is 14.1. The highest BCUT2D eigenvalue weighted by Crippen LogP contribution is 2.35. The molecule has 0 amide bonds. The van der Waals surface area contributed by atoms with Gasteiger partial charge in [0.25, 0.3) is 0 Å². The molecule has 1 heterocycles. The van der Waals surface area contributed by atoms with E-state index in [0.717, 1.165) is 36.8 Å². The molecular weight excluding hydrogens is 325 g/mol. The molecule has 1 aliphatic heterocycles. The molecule has 0 spiro atoms. The second-order valence-electron chi connectivity index (χ2n) is 6.33. The summed E-state index contributed by atoms with van der Waals surface area (Å²) in [5.41, 5.74) is 2.08. The minimum atomic E-state index is -3.87. The second kappa shape index (κ2) is 7.03. The Labute approximate surface area is 143 Å². The van der Waals surface area contributed by atoms with Crippen molar-refractivity contribution in [1.29, 1.82) is 0 Å². The molecule has 1 fully saturated rings. The van der Waals surface area contributed by atoms with E-state index >= 15 is 0 Å². The van der Waals surface area contributed by atoms with E-state index in [-0.39, 0.29) is 10.9 Å². The Morgan fingerprint density at radius 2 is 1.83 bits per heavy atom. The van der Waals surface area contributed by atoms with Crippen molar-refractivity contribution in [2.24, 2.45) is 0 Å². The van der Waals surface area contributed by atoms with Gasteiger partial charge in [-0.15, -0.1) is 0 Å². The highest BCUT2D eigenvalue weighted by atomic mass is 32.2. The van der Waals surface area contributed by atoms with Crippen LogP contribution in [0.1, 0.15) is 42.9 Å². The van der Waals surface area contributed by atoms with Crippen LogP contribution in [0.15, 0.2) is 53.4 Å². The molecule has 0 N–H and O–H groups in total. The predicted octanol–water partition coefficient (Wildman–Crippen LogP) is 4.44. The molecule has 0 aliphatic carbocycles. The molecule has 2 aromatic carbocycles. The number of rotatable bonds is 3. The molecular formula is C19H22FNO2S. The zero-order chi connectivity index (χ0) is 17.2. The van der Waals surface area contributed by atoms with Crippen molar-refractivity contribution in [2.45, 2.75) is 43.5 Å². The lowest BCUT2D eigenvalue weighted by atomic mass is 10.0. The van der Waals surface area contributed by atoms with Gasteiger partial charge in [0.15, 0.2) is 0 Å². The number of hydrogen-bond donors (Lipinski definition) is 0. The molecule has 0 radical (unpaired) electrons. The zero-order valence-electron chi connectivity index (χ0n) is 13.8. The molecule has 0 saturated carbocycles. The lowest BCUT2D eigenvalue weighted by molar-refractivity contribution is 0.327. The molecule has 5 heteroatoms. The van der Waals surface area contributed by atoms with Gasteiger partial charge in [-0.25, -0.2) is 12.8 Å². The van der Waals surface area contributed by atoms with Gasteiger partial charge in [0.2, 0.25) is 10.0 Å². The largest absolute Gasteiger partial charge is 0.246 e. The van der Waals surface area contributed by atoms with Crippen LogP contribution < -0.4 is 0 Å². The number of hydrogen-bond acceptors (Lipinski definition) is 2. The summed E-state index contributed by atoms with van der Waals surface area (Å²) in [5, 5.41) is 0. The van der Waals surface area contributed by atoms with E-state index in [9.17, 15) is 12.8 Å². The van der Waals surface area contributed by atoms with Crippen molar-refractivity contribution in [3.63, 3.8) is 0 Å². The van der Waals surface area contributed by atoms with Crippen LogP contribution >= 0.6 is 0 Å². The van der Waals surface area contributed by atoms with Gasteiger partial charge in [-0.1, -0.05) is 54.8 Å². The Morgan fingerprint density at radius 1 is 1.04 bits per heavy atom. The van der Waals surface area contributed by atoms with E-state index in [2.05, 4.69) is 0 Å². The molecule has 0 unspecified atom stereocenters. The lowest BCUT2D eigenvalue weighted by Crippen LogP contribution is -2.35. The SMILES string of the molecule is Cc1cccc([C@H]2CCCCCN2S(=O)(=O)c2ccccc2F)c1. The van der Waals surface area contributed by atoms with Crippen molar-refractivity contribution in [1.82, 2.24) is 4.31 Å². The van der Waals surface area contributed by atoms with E-state index in [0.29, 0.717) is 6.54 Å². The summed E-state index contributed by atoms with van der Waals surface area (Å²) in [6, 6.07) is 13.3. The van der Waals surface area contributed by atoms with E-state index in [1.807, 2.05) is 31.2 Å². The Balaban J connectivity index is 2.06. The molecule has 3 rings (SSSR count). The molecule has 1 aliphatic rings. The van der Waals surface area contributed by atoms with E-state index in [1.54, 1.807) is 6.07 Å². The average molecular weight is 347 g/mol. The summed E-state index contributed by atoms with van der Waals surface area (Å²) in [6.45, 7) is 2.42. The monoisotopic (exact) mass is 347 g/mol. The lowest BCUT2D eigenvalue weighted by Gasteiger charge is -2.30. The number of halogens is 1. The smallest absolute Gasteiger partial charge is 0.207 e. The van der Waals surface area contributed by atoms with Crippen LogP contribution in [0.3, 0.4) is 0 Å². The summed E-state index contributed by atoms with van der Waals surface area (Å²) in [6.07, 6.45) is 3.53. The number of aryl methyl sites for hydroxylation is 1. The molecule has 24 heavy (non-hydrogen) atoms. The quantitative estimate of drug-likeness (QED) is 0.823. The van der Waals surface area contributed by atoms with Gasteiger partial charge in [-0.2, -0.15) is 4.31 Å². The van der Waals surface area contributed by atoms with Crippen molar-refractivity contribution in [2.75, 3.05) is 6.54 Å². The molecule has 0 bridgehead atoms. The van der Waals surface area contributed by atoms with Crippen molar-refractivity contribution >= 4 is 10.0 Å². The van der Waals surface area contributed by atoms with Crippen molar-refractivity contribution in [3.8, 4) is 0 Å². The van der Waals surface area contributed by atoms with Gasteiger partial charge < -0.3 is 0 Å². The van der Waals surface area contributed by atoms with Crippen molar-refractivity contribution < 1.29 is 12.8 Å². The summed E-state index contributed by atoms with van der Waals surface area (Å²) >= 11 is 0. The normalized spacial score (nSPS) is 19.8. The van der Waals surface area contributed by atoms with Crippen molar-refractivity contribution in [3.05, 3.63) is 65.5 Å². The third-order valence-electron chi connectivity index (χ3n) is 4.55. The minimum Gasteiger partial charge on any atom is -0.207 e. The molecule has 1 saturated heterocycles. The topological polar surface area (TPSA) is 37.4 Å². The van der Waals surface area contributed by atoms with Gasteiger partial charge in [-0.3, -0.25) is 0 Å². The molecule has 1 atom stereocenters. The third kappa shape index (κ3) is 3.37. The highest BCUT2D eigenvalue weighted by molar-refractivity contribution is 7.89. The fraction of sp³-hybridized carbons (Fsp3) is 0.368. The molecule has 128 valence electrons. The Bertz CT molecular complexity index is 820. The molecule has 0 aromatic heterocycles. The van der Waals surface area contributed by atoms with Gasteiger partial charge in [0.05, 0.1) is 6.04 Å². The first-order valence-electron chi connectivity index (χ1n) is 8.33. The molecule has 2 aromatic rings. The third-order valence-corrected chi connectivity index (χ3v) is 6.50. The van der Waals surface area contributed by atoms with Crippen LogP contribution in [0, 0.1) is 12.7 Å². The average Bonchev–Trinajstić information content (AvgIpc) is 2.81. The van der Waals surface area contributed by atoms with E-state index in [1.165, 1.54) is 22.5 Å². The van der Waals surface area contributed by atoms with Crippen LogP contribution in [0.5, 0.6) is 0 Å². The first-order chi connectivity index (χ1) is 11.5. The van der Waals surface area contributed by atoms with Crippen LogP contribution in [-0.4, -0.2) is 19.3 Å². The van der Waals surface area contributed by atoms with Gasteiger partial charge in [0.1, 0.15) is 10.7 Å². The second-order valence-corrected chi connectivity index (χ2v) is 8.18. The first kappa shape index (κ1) is 17.1. The fourth-order valence-electron chi connectivity index (χ4n) is 3.36. The zero-order valence-corrected chi connectivity index (χ0v) is 14.6. The first-order valence-corrected chi connectivity index (χ1v) is 9.77. The van der Waals surface area contributed by atoms with Gasteiger partial charge >= 0.3 is 0 Å². The Kier molecular flexibility index (Phi) is 5.01. The summed E-state index contributed by atoms with van der Waals surface area (Å²) < 4.78 is 41.9. The highest BCUT2D eigenvalue weighted by Gasteiger charge is 2.34. The standard InChI is InChI=1S/C19H22FNO2S/c1-15-8-7-9-16(14-15)18-11-3-2-6-13-21(18)24(22,23)19-12-5-4-10-17(19)20/h4-5,7-10,12,14,18H,2-3,6,11,13H2,1H3/t18-/m1/s1. The van der Waals surface area contributed by atoms with Gasteiger partial charge in [0, 0.05) is 6.54 Å². The number of nitrogens with zero attached hydrogens (tertiary/aromatic N) is 1. The predicted molar refractivity (Wildman–Crippen MR) is 92.7 cm³/mol. The summed E-state index contributed by atoms with van der Waals surface area (Å²) in [4.78, 5) is -0.232. The van der Waals surface area contributed by atoms with E-state index in [4.69, 9.17) is 0 Å². The van der Waals surface area contributed by atoms with Crippen LogP contribution in [0.2, 0.25) is 0 Å². The minimum absolute atomic E-state index is 0.232. The number of benzene rings is 2. The molecule has 3 nitrogen and oxygen atoms in total. The van der Waals surface area contributed by atoms with Crippen LogP contribution in [-0.2, 0) is 10.0 Å². The fourth-order valence-corrected chi connectivity index (χ4v) is 5.11. The summed E-state index contributed by atoms with van der Waals surface area (Å²) in [7, 11) is -3.87. The van der Waals surface area contributed by atoms with Gasteiger partial charge in [-0.05, 0) is 37.5 Å². The maximum Gasteiger partial charge on any atom is 0.246 e. The Morgan fingerprint density at radius 3 is 2.58 bits per heavy atom. The number of sulfonamides is 1. The Hall–Kier alpha value is -1.72. The summed E-state index contributed by atoms with van der Waals surface area (Å²) in [5.74, 6) is -0.690. The van der Waals surface area contributed by atoms with E-state index < -0.39 is 15.8 Å². The maximum absolute atomic E-state index is 14.1. The van der Waals surface area contributed by atoms with Crippen LogP contribution in [0.25, 0.3) is 0 Å². The van der Waals surface area contributed by atoms with Crippen LogP contribution in [0.4, 0.5) is 4.39 Å².